The molecule has 10 heavy (non-hydrogen) atoms. The van der Waals surface area contributed by atoms with Crippen molar-refractivity contribution in [3.05, 3.63) is 0 Å². The summed E-state index contributed by atoms with van der Waals surface area (Å²) in [5.41, 5.74) is 0. The minimum absolute atomic E-state index is 0.318. The number of likely N-dealkylation sites (tertiary alicyclic amines) is 1. The van der Waals surface area contributed by atoms with Crippen molar-refractivity contribution >= 4 is 5.78 Å². The fourth-order valence-corrected chi connectivity index (χ4v) is 1.43. The molecule has 0 radical (unpaired) electrons. The molecule has 1 saturated heterocycles. The van der Waals surface area contributed by atoms with E-state index in [2.05, 4.69) is 18.9 Å². The van der Waals surface area contributed by atoms with Gasteiger partial charge < -0.3 is 4.90 Å². The van der Waals surface area contributed by atoms with Crippen LogP contribution in [-0.4, -0.2) is 30.8 Å². The highest BCUT2D eigenvalue weighted by atomic mass is 16.1. The Morgan fingerprint density at radius 2 is 2.40 bits per heavy atom. The molecule has 0 spiro atoms. The number of piperidine rings is 1. The molecule has 2 nitrogen and oxygen atoms in total. The largest absolute Gasteiger partial charge is 0.305 e. The van der Waals surface area contributed by atoms with Crippen LogP contribution in [0.3, 0.4) is 0 Å². The van der Waals surface area contributed by atoms with Crippen LogP contribution in [0.1, 0.15) is 19.8 Å². The number of nitrogens with zero attached hydrogens (tertiary/aromatic N) is 1. The summed E-state index contributed by atoms with van der Waals surface area (Å²) < 4.78 is 0. The van der Waals surface area contributed by atoms with E-state index in [1.54, 1.807) is 0 Å². The van der Waals surface area contributed by atoms with Gasteiger partial charge in [-0.1, -0.05) is 6.92 Å². The maximum absolute atomic E-state index is 11.1. The van der Waals surface area contributed by atoms with E-state index in [4.69, 9.17) is 0 Å². The molecule has 0 aromatic heterocycles. The van der Waals surface area contributed by atoms with Crippen LogP contribution in [0.15, 0.2) is 0 Å². The third-order valence-electron chi connectivity index (χ3n) is 2.22. The Bertz CT molecular complexity index is 133. The zero-order valence-corrected chi connectivity index (χ0v) is 6.76. The molecule has 1 aliphatic rings. The lowest BCUT2D eigenvalue weighted by Gasteiger charge is -2.27. The number of carbonyl (C=O) groups is 1. The van der Waals surface area contributed by atoms with E-state index >= 15 is 0 Å². The average Bonchev–Trinajstić information content (AvgIpc) is 1.94. The highest BCUT2D eigenvalue weighted by molar-refractivity contribution is 5.82. The number of hydrogen-bond acceptors (Lipinski definition) is 2. The zero-order chi connectivity index (χ0) is 7.56. The Morgan fingerprint density at radius 1 is 1.70 bits per heavy atom. The Morgan fingerprint density at radius 3 is 2.90 bits per heavy atom. The van der Waals surface area contributed by atoms with Crippen LogP contribution < -0.4 is 0 Å². The second-order valence-electron chi connectivity index (χ2n) is 3.08. The lowest BCUT2D eigenvalue weighted by atomic mass is 9.95. The summed E-state index contributed by atoms with van der Waals surface area (Å²) >= 11 is 0. The van der Waals surface area contributed by atoms with Crippen molar-refractivity contribution < 1.29 is 4.79 Å². The van der Waals surface area contributed by atoms with E-state index in [0.717, 1.165) is 25.9 Å². The topological polar surface area (TPSA) is 20.3 Å². The molecule has 1 aliphatic heterocycles. The molecule has 58 valence electrons. The molecule has 0 amide bonds. The van der Waals surface area contributed by atoms with Gasteiger partial charge in [0.2, 0.25) is 0 Å². The van der Waals surface area contributed by atoms with Crippen LogP contribution in [-0.2, 0) is 4.79 Å². The summed E-state index contributed by atoms with van der Waals surface area (Å²) in [6, 6.07) is 0. The summed E-state index contributed by atoms with van der Waals surface area (Å²) in [5, 5.41) is 0. The van der Waals surface area contributed by atoms with Gasteiger partial charge >= 0.3 is 0 Å². The van der Waals surface area contributed by atoms with Crippen molar-refractivity contribution in [3.8, 4) is 0 Å². The molecule has 0 N–H and O–H groups in total. The number of hydrogen-bond donors (Lipinski definition) is 0. The maximum Gasteiger partial charge on any atom is 0.138 e. The molecule has 0 aromatic rings. The Hall–Kier alpha value is -0.370. The highest BCUT2D eigenvalue weighted by Crippen LogP contribution is 2.13. The fraction of sp³-hybridized carbons (Fsp3) is 0.875. The van der Waals surface area contributed by atoms with Crippen molar-refractivity contribution in [2.24, 2.45) is 5.92 Å². The molecule has 1 atom stereocenters. The SMILES string of the molecule is CC[C@@H]1CN(C)CCC1=O. The zero-order valence-electron chi connectivity index (χ0n) is 6.76. The van der Waals surface area contributed by atoms with Crippen molar-refractivity contribution in [1.82, 2.24) is 4.90 Å². The minimum atomic E-state index is 0.318. The lowest BCUT2D eigenvalue weighted by Crippen LogP contribution is -2.37. The number of carbonyl (C=O) groups excluding carboxylic acids is 1. The molecular formula is C8H15NO. The molecular weight excluding hydrogens is 126 g/mol. The lowest BCUT2D eigenvalue weighted by molar-refractivity contribution is -0.125. The Kier molecular flexibility index (Phi) is 2.44. The summed E-state index contributed by atoms with van der Waals surface area (Å²) in [4.78, 5) is 13.4. The van der Waals surface area contributed by atoms with Crippen molar-refractivity contribution in [3.63, 3.8) is 0 Å². The van der Waals surface area contributed by atoms with Gasteiger partial charge in [-0.3, -0.25) is 4.79 Å². The second-order valence-corrected chi connectivity index (χ2v) is 3.08. The second kappa shape index (κ2) is 3.15. The first-order valence-electron chi connectivity index (χ1n) is 3.95. The molecule has 2 heteroatoms. The Labute approximate surface area is 62.2 Å². The number of rotatable bonds is 1. The molecule has 0 aliphatic carbocycles. The van der Waals surface area contributed by atoms with E-state index in [-0.39, 0.29) is 0 Å². The quantitative estimate of drug-likeness (QED) is 0.541. The summed E-state index contributed by atoms with van der Waals surface area (Å²) in [6.07, 6.45) is 1.76. The van der Waals surface area contributed by atoms with Gasteiger partial charge in [0.05, 0.1) is 0 Å². The van der Waals surface area contributed by atoms with Crippen LogP contribution in [0, 0.1) is 5.92 Å². The third kappa shape index (κ3) is 1.57. The highest BCUT2D eigenvalue weighted by Gasteiger charge is 2.22. The molecule has 0 saturated carbocycles. The van der Waals surface area contributed by atoms with E-state index < -0.39 is 0 Å². The molecule has 0 aromatic carbocycles. The van der Waals surface area contributed by atoms with Gasteiger partial charge in [0, 0.05) is 25.4 Å². The predicted octanol–water partition coefficient (Wildman–Crippen LogP) is 0.917. The van der Waals surface area contributed by atoms with E-state index in [9.17, 15) is 4.79 Å². The normalized spacial score (nSPS) is 29.0. The number of ketones is 1. The monoisotopic (exact) mass is 141 g/mol. The molecule has 0 bridgehead atoms. The van der Waals surface area contributed by atoms with Gasteiger partial charge in [-0.25, -0.2) is 0 Å². The van der Waals surface area contributed by atoms with E-state index in [1.807, 2.05) is 0 Å². The predicted molar refractivity (Wildman–Crippen MR) is 40.9 cm³/mol. The van der Waals surface area contributed by atoms with Crippen LogP contribution in [0.4, 0.5) is 0 Å². The first-order chi connectivity index (χ1) is 4.74. The minimum Gasteiger partial charge on any atom is -0.305 e. The Balaban J connectivity index is 2.45. The van der Waals surface area contributed by atoms with E-state index in [0.29, 0.717) is 11.7 Å². The van der Waals surface area contributed by atoms with Gasteiger partial charge in [-0.15, -0.1) is 0 Å². The average molecular weight is 141 g/mol. The van der Waals surface area contributed by atoms with Crippen LogP contribution >= 0.6 is 0 Å². The van der Waals surface area contributed by atoms with Gasteiger partial charge in [-0.05, 0) is 13.5 Å². The standard InChI is InChI=1S/C8H15NO/c1-3-7-6-9(2)5-4-8(7)10/h7H,3-6H2,1-2H3/t7-/m1/s1. The summed E-state index contributed by atoms with van der Waals surface area (Å²) in [6.45, 7) is 4.01. The van der Waals surface area contributed by atoms with Crippen LogP contribution in [0.25, 0.3) is 0 Å². The first kappa shape index (κ1) is 7.73. The van der Waals surface area contributed by atoms with Gasteiger partial charge in [0.15, 0.2) is 0 Å². The van der Waals surface area contributed by atoms with Crippen molar-refractivity contribution in [1.29, 1.82) is 0 Å². The molecule has 1 rings (SSSR count). The smallest absolute Gasteiger partial charge is 0.138 e. The maximum atomic E-state index is 11.1. The summed E-state index contributed by atoms with van der Waals surface area (Å²) in [7, 11) is 2.08. The molecule has 0 unspecified atom stereocenters. The van der Waals surface area contributed by atoms with Crippen LogP contribution in [0.2, 0.25) is 0 Å². The van der Waals surface area contributed by atoms with Gasteiger partial charge in [-0.2, -0.15) is 0 Å². The third-order valence-corrected chi connectivity index (χ3v) is 2.22. The van der Waals surface area contributed by atoms with Crippen LogP contribution in [0.5, 0.6) is 0 Å². The molecule has 1 heterocycles. The molecule has 1 fully saturated rings. The van der Waals surface area contributed by atoms with Gasteiger partial charge in [0.1, 0.15) is 5.78 Å². The first-order valence-corrected chi connectivity index (χ1v) is 3.95. The van der Waals surface area contributed by atoms with Crippen molar-refractivity contribution in [2.75, 3.05) is 20.1 Å². The van der Waals surface area contributed by atoms with Crippen molar-refractivity contribution in [2.45, 2.75) is 19.8 Å². The summed E-state index contributed by atoms with van der Waals surface area (Å²) in [5.74, 6) is 0.777. The van der Waals surface area contributed by atoms with Gasteiger partial charge in [0.25, 0.3) is 0 Å². The number of Topliss-reactive ketones (excluding diaryl/α,β-unsaturated/α-hetero) is 1. The van der Waals surface area contributed by atoms with E-state index in [1.165, 1.54) is 0 Å². The fourth-order valence-electron chi connectivity index (χ4n) is 1.43.